The molecule has 0 aliphatic rings. The SMILES string of the molecule is CCOC(=O)c1c(C)cc(C)nc1NCCN(C)C. The van der Waals surface area contributed by atoms with E-state index in [2.05, 4.69) is 15.2 Å². The predicted molar refractivity (Wildman–Crippen MR) is 76.7 cm³/mol. The van der Waals surface area contributed by atoms with Crippen molar-refractivity contribution in [3.63, 3.8) is 0 Å². The minimum absolute atomic E-state index is 0.320. The number of carbonyl (C=O) groups is 1. The fourth-order valence-corrected chi connectivity index (χ4v) is 1.82. The summed E-state index contributed by atoms with van der Waals surface area (Å²) in [7, 11) is 4.01. The Bertz CT molecular complexity index is 445. The number of esters is 1. The van der Waals surface area contributed by atoms with Crippen molar-refractivity contribution in [1.82, 2.24) is 9.88 Å². The lowest BCUT2D eigenvalue weighted by molar-refractivity contribution is 0.0526. The third kappa shape index (κ3) is 4.52. The highest BCUT2D eigenvalue weighted by molar-refractivity contribution is 5.96. The molecule has 1 aromatic rings. The van der Waals surface area contributed by atoms with Gasteiger partial charge in [-0.25, -0.2) is 9.78 Å². The quantitative estimate of drug-likeness (QED) is 0.796. The number of likely N-dealkylation sites (N-methyl/N-ethyl adjacent to an activating group) is 1. The van der Waals surface area contributed by atoms with Gasteiger partial charge in [0.1, 0.15) is 11.4 Å². The van der Waals surface area contributed by atoms with Crippen LogP contribution >= 0.6 is 0 Å². The first kappa shape index (κ1) is 15.4. The van der Waals surface area contributed by atoms with Gasteiger partial charge in [0.15, 0.2) is 0 Å². The average molecular weight is 265 g/mol. The van der Waals surface area contributed by atoms with E-state index >= 15 is 0 Å². The fraction of sp³-hybridized carbons (Fsp3) is 0.571. The number of hydrogen-bond acceptors (Lipinski definition) is 5. The van der Waals surface area contributed by atoms with Gasteiger partial charge in [-0.2, -0.15) is 0 Å². The van der Waals surface area contributed by atoms with Gasteiger partial charge in [0.05, 0.1) is 6.61 Å². The zero-order valence-electron chi connectivity index (χ0n) is 12.4. The molecule has 0 amide bonds. The van der Waals surface area contributed by atoms with Crippen LogP contribution in [0.2, 0.25) is 0 Å². The highest BCUT2D eigenvalue weighted by atomic mass is 16.5. The van der Waals surface area contributed by atoms with Gasteiger partial charge in [-0.15, -0.1) is 0 Å². The van der Waals surface area contributed by atoms with Crippen LogP contribution in [0.3, 0.4) is 0 Å². The highest BCUT2D eigenvalue weighted by Gasteiger charge is 2.17. The van der Waals surface area contributed by atoms with Crippen molar-refractivity contribution in [3.05, 3.63) is 22.9 Å². The number of ether oxygens (including phenoxy) is 1. The van der Waals surface area contributed by atoms with Gasteiger partial charge < -0.3 is 15.0 Å². The lowest BCUT2D eigenvalue weighted by Gasteiger charge is -2.15. The first-order chi connectivity index (χ1) is 8.95. The van der Waals surface area contributed by atoms with Crippen LogP contribution in [0.25, 0.3) is 0 Å². The number of hydrogen-bond donors (Lipinski definition) is 1. The van der Waals surface area contributed by atoms with Gasteiger partial charge in [-0.1, -0.05) is 0 Å². The van der Waals surface area contributed by atoms with Crippen LogP contribution in [0.15, 0.2) is 6.07 Å². The Morgan fingerprint density at radius 3 is 2.68 bits per heavy atom. The van der Waals surface area contributed by atoms with E-state index in [-0.39, 0.29) is 5.97 Å². The van der Waals surface area contributed by atoms with Crippen LogP contribution in [0.5, 0.6) is 0 Å². The Kier molecular flexibility index (Phi) is 5.76. The molecule has 0 aliphatic carbocycles. The van der Waals surface area contributed by atoms with E-state index in [1.807, 2.05) is 34.0 Å². The maximum absolute atomic E-state index is 12.0. The zero-order valence-corrected chi connectivity index (χ0v) is 12.4. The molecular weight excluding hydrogens is 242 g/mol. The lowest BCUT2D eigenvalue weighted by atomic mass is 10.1. The predicted octanol–water partition coefficient (Wildman–Crippen LogP) is 1.85. The Morgan fingerprint density at radius 2 is 2.11 bits per heavy atom. The van der Waals surface area contributed by atoms with Crippen molar-refractivity contribution < 1.29 is 9.53 Å². The molecule has 5 heteroatoms. The molecule has 0 spiro atoms. The molecule has 1 N–H and O–H groups in total. The molecular formula is C14H23N3O2. The summed E-state index contributed by atoms with van der Waals surface area (Å²) < 4.78 is 5.09. The molecule has 106 valence electrons. The number of nitrogens with one attached hydrogen (secondary N) is 1. The van der Waals surface area contributed by atoms with Gasteiger partial charge in [-0.05, 0) is 46.5 Å². The minimum Gasteiger partial charge on any atom is -0.462 e. The number of aromatic nitrogens is 1. The third-order valence-corrected chi connectivity index (χ3v) is 2.68. The summed E-state index contributed by atoms with van der Waals surface area (Å²) in [4.78, 5) is 18.5. The van der Waals surface area contributed by atoms with E-state index in [0.717, 1.165) is 24.3 Å². The molecule has 0 fully saturated rings. The molecule has 1 aromatic heterocycles. The summed E-state index contributed by atoms with van der Waals surface area (Å²) >= 11 is 0. The second kappa shape index (κ2) is 7.09. The van der Waals surface area contributed by atoms with Crippen LogP contribution in [0.4, 0.5) is 5.82 Å². The van der Waals surface area contributed by atoms with Gasteiger partial charge in [-0.3, -0.25) is 0 Å². The number of rotatable bonds is 6. The second-order valence-electron chi connectivity index (χ2n) is 4.75. The number of carbonyl (C=O) groups excluding carboxylic acids is 1. The number of nitrogens with zero attached hydrogens (tertiary/aromatic N) is 2. The average Bonchev–Trinajstić information content (AvgIpc) is 2.27. The molecule has 0 radical (unpaired) electrons. The standard InChI is InChI=1S/C14H23N3O2/c1-6-19-14(18)12-10(2)9-11(3)16-13(12)15-7-8-17(4)5/h9H,6-8H2,1-5H3,(H,15,16). The summed E-state index contributed by atoms with van der Waals surface area (Å²) in [5.41, 5.74) is 2.31. The molecule has 0 aromatic carbocycles. The summed E-state index contributed by atoms with van der Waals surface area (Å²) in [6.07, 6.45) is 0. The van der Waals surface area contributed by atoms with Gasteiger partial charge in [0.25, 0.3) is 0 Å². The van der Waals surface area contributed by atoms with Crippen molar-refractivity contribution >= 4 is 11.8 Å². The van der Waals surface area contributed by atoms with E-state index in [1.165, 1.54) is 0 Å². The highest BCUT2D eigenvalue weighted by Crippen LogP contribution is 2.19. The molecule has 0 aliphatic heterocycles. The van der Waals surface area contributed by atoms with E-state index < -0.39 is 0 Å². The Labute approximate surface area is 115 Å². The summed E-state index contributed by atoms with van der Waals surface area (Å²) in [6, 6.07) is 1.89. The maximum atomic E-state index is 12.0. The largest absolute Gasteiger partial charge is 0.462 e. The summed E-state index contributed by atoms with van der Waals surface area (Å²) in [6.45, 7) is 7.58. The summed E-state index contributed by atoms with van der Waals surface area (Å²) in [5, 5.41) is 3.21. The van der Waals surface area contributed by atoms with Crippen molar-refractivity contribution in [2.45, 2.75) is 20.8 Å². The van der Waals surface area contributed by atoms with Crippen molar-refractivity contribution in [1.29, 1.82) is 0 Å². The van der Waals surface area contributed by atoms with E-state index in [0.29, 0.717) is 18.0 Å². The van der Waals surface area contributed by atoms with Crippen LogP contribution in [-0.2, 0) is 4.74 Å². The second-order valence-corrected chi connectivity index (χ2v) is 4.75. The monoisotopic (exact) mass is 265 g/mol. The first-order valence-corrected chi connectivity index (χ1v) is 6.49. The normalized spacial score (nSPS) is 10.6. The van der Waals surface area contributed by atoms with Gasteiger partial charge in [0.2, 0.25) is 0 Å². The molecule has 0 bridgehead atoms. The topological polar surface area (TPSA) is 54.5 Å². The Balaban J connectivity index is 2.96. The molecule has 0 saturated heterocycles. The van der Waals surface area contributed by atoms with Crippen LogP contribution in [0, 0.1) is 13.8 Å². The third-order valence-electron chi connectivity index (χ3n) is 2.68. The molecule has 0 atom stereocenters. The Morgan fingerprint density at radius 1 is 1.42 bits per heavy atom. The molecule has 19 heavy (non-hydrogen) atoms. The van der Waals surface area contributed by atoms with Crippen LogP contribution in [-0.4, -0.2) is 49.6 Å². The lowest BCUT2D eigenvalue weighted by Crippen LogP contribution is -2.22. The summed E-state index contributed by atoms with van der Waals surface area (Å²) in [5.74, 6) is 0.289. The minimum atomic E-state index is -0.320. The van der Waals surface area contributed by atoms with Crippen molar-refractivity contribution in [2.24, 2.45) is 0 Å². The van der Waals surface area contributed by atoms with Gasteiger partial charge >= 0.3 is 5.97 Å². The number of aryl methyl sites for hydroxylation is 2. The zero-order chi connectivity index (χ0) is 14.4. The molecule has 0 unspecified atom stereocenters. The van der Waals surface area contributed by atoms with E-state index in [9.17, 15) is 4.79 Å². The van der Waals surface area contributed by atoms with Crippen LogP contribution < -0.4 is 5.32 Å². The number of anilines is 1. The fourth-order valence-electron chi connectivity index (χ4n) is 1.82. The van der Waals surface area contributed by atoms with Crippen LogP contribution in [0.1, 0.15) is 28.5 Å². The number of pyridine rings is 1. The van der Waals surface area contributed by atoms with Crippen molar-refractivity contribution in [2.75, 3.05) is 39.1 Å². The molecule has 1 heterocycles. The van der Waals surface area contributed by atoms with Crippen molar-refractivity contribution in [3.8, 4) is 0 Å². The maximum Gasteiger partial charge on any atom is 0.342 e. The molecule has 0 saturated carbocycles. The van der Waals surface area contributed by atoms with E-state index in [4.69, 9.17) is 4.74 Å². The molecule has 5 nitrogen and oxygen atoms in total. The van der Waals surface area contributed by atoms with Gasteiger partial charge in [0, 0.05) is 18.8 Å². The van der Waals surface area contributed by atoms with E-state index in [1.54, 1.807) is 6.92 Å². The smallest absolute Gasteiger partial charge is 0.342 e. The Hall–Kier alpha value is -1.62. The first-order valence-electron chi connectivity index (χ1n) is 6.49. The molecule has 1 rings (SSSR count).